The summed E-state index contributed by atoms with van der Waals surface area (Å²) in [5, 5.41) is 8.85. The summed E-state index contributed by atoms with van der Waals surface area (Å²) in [5.74, 6) is -1.33. The minimum Gasteiger partial charge on any atom is -0.478 e. The quantitative estimate of drug-likeness (QED) is 0.841. The zero-order valence-electron chi connectivity index (χ0n) is 9.71. The van der Waals surface area contributed by atoms with Crippen LogP contribution < -0.4 is 0 Å². The van der Waals surface area contributed by atoms with Gasteiger partial charge < -0.3 is 10.0 Å². The van der Waals surface area contributed by atoms with Crippen LogP contribution in [0.1, 0.15) is 27.0 Å². The number of carboxylic acid groups (broad SMARTS) is 1. The number of benzene rings is 1. The Kier molecular flexibility index (Phi) is 3.06. The third kappa shape index (κ3) is 2.33. The summed E-state index contributed by atoms with van der Waals surface area (Å²) in [6.45, 7) is 0.831. The second-order valence-electron chi connectivity index (χ2n) is 4.45. The molecule has 0 aliphatic carbocycles. The molecule has 1 aliphatic heterocycles. The summed E-state index contributed by atoms with van der Waals surface area (Å²) in [5.41, 5.74) is -0.448. The monoisotopic (exact) mass is 259 g/mol. The molecule has 0 spiro atoms. The molecule has 98 valence electrons. The molecular formula is C12H12F3NO2. The fourth-order valence-corrected chi connectivity index (χ4v) is 2.18. The van der Waals surface area contributed by atoms with Crippen LogP contribution in [0, 0.1) is 0 Å². The normalized spacial score (nSPS) is 16.4. The number of fused-ring (bicyclic) bond motifs is 1. The highest BCUT2D eigenvalue weighted by Gasteiger charge is 2.36. The molecule has 0 fully saturated rings. The number of alkyl halides is 3. The van der Waals surface area contributed by atoms with Gasteiger partial charge in [0, 0.05) is 13.1 Å². The van der Waals surface area contributed by atoms with Crippen LogP contribution >= 0.6 is 0 Å². The number of hydrogen-bond donors (Lipinski definition) is 1. The van der Waals surface area contributed by atoms with E-state index in [9.17, 15) is 18.0 Å². The second kappa shape index (κ2) is 4.28. The molecule has 0 atom stereocenters. The molecule has 2 rings (SSSR count). The van der Waals surface area contributed by atoms with Crippen LogP contribution in [0.25, 0.3) is 0 Å². The minimum absolute atomic E-state index is 0.196. The van der Waals surface area contributed by atoms with Crippen LogP contribution in [0.15, 0.2) is 12.1 Å². The molecule has 6 heteroatoms. The standard InChI is InChI=1S/C12H12F3NO2/c1-16-3-2-7-4-8(11(17)18)5-10(9(7)6-16)12(13,14)15/h4-5H,2-3,6H2,1H3,(H,17,18). The first-order valence-electron chi connectivity index (χ1n) is 5.44. The zero-order chi connectivity index (χ0) is 13.5. The molecule has 1 heterocycles. The minimum atomic E-state index is -4.52. The summed E-state index contributed by atoms with van der Waals surface area (Å²) in [4.78, 5) is 12.6. The van der Waals surface area contributed by atoms with Crippen LogP contribution in [0.4, 0.5) is 13.2 Å². The molecule has 1 aliphatic rings. The summed E-state index contributed by atoms with van der Waals surface area (Å²) in [7, 11) is 1.74. The second-order valence-corrected chi connectivity index (χ2v) is 4.45. The predicted octanol–water partition coefficient (Wildman–Crippen LogP) is 2.39. The molecule has 0 bridgehead atoms. The van der Waals surface area contributed by atoms with E-state index >= 15 is 0 Å². The topological polar surface area (TPSA) is 40.5 Å². The van der Waals surface area contributed by atoms with Gasteiger partial charge in [0.05, 0.1) is 11.1 Å². The maximum Gasteiger partial charge on any atom is 0.416 e. The van der Waals surface area contributed by atoms with E-state index < -0.39 is 17.7 Å². The lowest BCUT2D eigenvalue weighted by molar-refractivity contribution is -0.138. The summed E-state index contributed by atoms with van der Waals surface area (Å²) in [6, 6.07) is 2.07. The molecule has 1 N–H and O–H groups in total. The Morgan fingerprint density at radius 1 is 1.39 bits per heavy atom. The van der Waals surface area contributed by atoms with Crippen molar-refractivity contribution in [2.45, 2.75) is 19.1 Å². The summed E-state index contributed by atoms with van der Waals surface area (Å²) in [6.07, 6.45) is -4.08. The maximum atomic E-state index is 12.9. The molecule has 0 aromatic heterocycles. The lowest BCUT2D eigenvalue weighted by atomic mass is 9.92. The van der Waals surface area contributed by atoms with Gasteiger partial charge in [-0.3, -0.25) is 0 Å². The van der Waals surface area contributed by atoms with Crippen LogP contribution in [-0.4, -0.2) is 29.6 Å². The molecule has 0 saturated heterocycles. The van der Waals surface area contributed by atoms with Gasteiger partial charge in [-0.25, -0.2) is 4.79 Å². The van der Waals surface area contributed by atoms with Gasteiger partial charge in [0.2, 0.25) is 0 Å². The fourth-order valence-electron chi connectivity index (χ4n) is 2.18. The highest BCUT2D eigenvalue weighted by atomic mass is 19.4. The number of carboxylic acids is 1. The number of rotatable bonds is 1. The SMILES string of the molecule is CN1CCc2cc(C(=O)O)cc(C(F)(F)F)c2C1. The Morgan fingerprint density at radius 3 is 2.61 bits per heavy atom. The van der Waals surface area contributed by atoms with E-state index in [1.807, 2.05) is 0 Å². The Labute approximate surface area is 102 Å². The van der Waals surface area contributed by atoms with E-state index in [0.29, 0.717) is 18.5 Å². The predicted molar refractivity (Wildman–Crippen MR) is 58.4 cm³/mol. The smallest absolute Gasteiger partial charge is 0.416 e. The molecule has 1 aromatic rings. The van der Waals surface area contributed by atoms with Crippen molar-refractivity contribution in [2.24, 2.45) is 0 Å². The van der Waals surface area contributed by atoms with Gasteiger partial charge >= 0.3 is 12.1 Å². The van der Waals surface area contributed by atoms with Crippen molar-refractivity contribution < 1.29 is 23.1 Å². The Balaban J connectivity index is 2.61. The fraction of sp³-hybridized carbons (Fsp3) is 0.417. The van der Waals surface area contributed by atoms with Gasteiger partial charge in [-0.15, -0.1) is 0 Å². The van der Waals surface area contributed by atoms with Crippen LogP contribution in [0.2, 0.25) is 0 Å². The number of aromatic carboxylic acids is 1. The van der Waals surface area contributed by atoms with Crippen molar-refractivity contribution in [3.63, 3.8) is 0 Å². The molecule has 1 aromatic carbocycles. The van der Waals surface area contributed by atoms with Crippen molar-refractivity contribution in [1.82, 2.24) is 4.90 Å². The van der Waals surface area contributed by atoms with Gasteiger partial charge in [0.1, 0.15) is 0 Å². The first-order valence-corrected chi connectivity index (χ1v) is 5.44. The van der Waals surface area contributed by atoms with E-state index in [2.05, 4.69) is 0 Å². The Bertz CT molecular complexity index is 497. The van der Waals surface area contributed by atoms with Crippen molar-refractivity contribution in [2.75, 3.05) is 13.6 Å². The van der Waals surface area contributed by atoms with Crippen molar-refractivity contribution >= 4 is 5.97 Å². The van der Waals surface area contributed by atoms with Crippen LogP contribution in [-0.2, 0) is 19.1 Å². The van der Waals surface area contributed by atoms with E-state index in [1.165, 1.54) is 6.07 Å². The lowest BCUT2D eigenvalue weighted by Crippen LogP contribution is -2.29. The van der Waals surface area contributed by atoms with Crippen LogP contribution in [0.3, 0.4) is 0 Å². The lowest BCUT2D eigenvalue weighted by Gasteiger charge is -2.28. The molecule has 0 amide bonds. The molecule has 3 nitrogen and oxygen atoms in total. The zero-order valence-corrected chi connectivity index (χ0v) is 9.71. The van der Waals surface area contributed by atoms with Crippen molar-refractivity contribution in [3.8, 4) is 0 Å². The Hall–Kier alpha value is -1.56. The number of nitrogens with zero attached hydrogens (tertiary/aromatic N) is 1. The number of hydrogen-bond acceptors (Lipinski definition) is 2. The van der Waals surface area contributed by atoms with Gasteiger partial charge in [-0.05, 0) is 36.7 Å². The average Bonchev–Trinajstić information content (AvgIpc) is 2.26. The van der Waals surface area contributed by atoms with Gasteiger partial charge in [0.15, 0.2) is 0 Å². The summed E-state index contributed by atoms with van der Waals surface area (Å²) >= 11 is 0. The summed E-state index contributed by atoms with van der Waals surface area (Å²) < 4.78 is 38.8. The third-order valence-corrected chi connectivity index (χ3v) is 3.09. The maximum absolute atomic E-state index is 12.9. The number of halogens is 3. The third-order valence-electron chi connectivity index (χ3n) is 3.09. The number of carbonyl (C=O) groups is 1. The van der Waals surface area contributed by atoms with Gasteiger partial charge in [-0.1, -0.05) is 0 Å². The average molecular weight is 259 g/mol. The highest BCUT2D eigenvalue weighted by Crippen LogP contribution is 2.36. The van der Waals surface area contributed by atoms with E-state index in [-0.39, 0.29) is 17.7 Å². The largest absolute Gasteiger partial charge is 0.478 e. The van der Waals surface area contributed by atoms with Crippen molar-refractivity contribution in [3.05, 3.63) is 34.4 Å². The van der Waals surface area contributed by atoms with E-state index in [1.54, 1.807) is 11.9 Å². The molecule has 0 radical (unpaired) electrons. The Morgan fingerprint density at radius 2 is 2.06 bits per heavy atom. The molecule has 0 unspecified atom stereocenters. The van der Waals surface area contributed by atoms with Crippen molar-refractivity contribution in [1.29, 1.82) is 0 Å². The van der Waals surface area contributed by atoms with E-state index in [4.69, 9.17) is 5.11 Å². The van der Waals surface area contributed by atoms with Gasteiger partial charge in [-0.2, -0.15) is 13.2 Å². The van der Waals surface area contributed by atoms with E-state index in [0.717, 1.165) is 6.07 Å². The first kappa shape index (κ1) is 12.9. The molecule has 18 heavy (non-hydrogen) atoms. The molecular weight excluding hydrogens is 247 g/mol. The molecule has 0 saturated carbocycles. The first-order chi connectivity index (χ1) is 8.29. The van der Waals surface area contributed by atoms with Crippen LogP contribution in [0.5, 0.6) is 0 Å². The highest BCUT2D eigenvalue weighted by molar-refractivity contribution is 5.88. The number of likely N-dealkylation sites (N-methyl/N-ethyl adjacent to an activating group) is 1. The van der Waals surface area contributed by atoms with Gasteiger partial charge in [0.25, 0.3) is 0 Å².